The standard InChI is InChI=1S/C12H13FN4O/c1-6-3-8(13)5-9(4-6)15-12(18)11-10(14)7(2)16-17-11/h3-5H,14H2,1-2H3,(H,15,18)(H,16,17). The Labute approximate surface area is 103 Å². The number of aryl methyl sites for hydroxylation is 2. The van der Waals surface area contributed by atoms with E-state index in [0.29, 0.717) is 17.1 Å². The van der Waals surface area contributed by atoms with Gasteiger partial charge in [-0.25, -0.2) is 4.39 Å². The van der Waals surface area contributed by atoms with Gasteiger partial charge in [-0.2, -0.15) is 5.10 Å². The number of nitrogens with two attached hydrogens (primary N) is 1. The Morgan fingerprint density at radius 2 is 2.11 bits per heavy atom. The van der Waals surface area contributed by atoms with Gasteiger partial charge in [0.15, 0.2) is 5.69 Å². The first-order valence-electron chi connectivity index (χ1n) is 5.36. The Bertz CT molecular complexity index is 586. The number of anilines is 2. The number of nitrogens with one attached hydrogen (secondary N) is 2. The summed E-state index contributed by atoms with van der Waals surface area (Å²) in [6.45, 7) is 3.46. The third-order valence-corrected chi connectivity index (χ3v) is 2.51. The highest BCUT2D eigenvalue weighted by Crippen LogP contribution is 2.17. The van der Waals surface area contributed by atoms with Crippen LogP contribution in [0.5, 0.6) is 0 Å². The van der Waals surface area contributed by atoms with Gasteiger partial charge >= 0.3 is 0 Å². The summed E-state index contributed by atoms with van der Waals surface area (Å²) in [5, 5.41) is 8.97. The van der Waals surface area contributed by atoms with E-state index in [1.165, 1.54) is 12.1 Å². The van der Waals surface area contributed by atoms with Crippen molar-refractivity contribution in [3.8, 4) is 0 Å². The largest absolute Gasteiger partial charge is 0.395 e. The molecule has 0 saturated carbocycles. The Hall–Kier alpha value is -2.37. The highest BCUT2D eigenvalue weighted by molar-refractivity contribution is 6.06. The number of hydrogen-bond donors (Lipinski definition) is 3. The summed E-state index contributed by atoms with van der Waals surface area (Å²) in [4.78, 5) is 11.9. The van der Waals surface area contributed by atoms with Gasteiger partial charge in [0.1, 0.15) is 5.82 Å². The molecule has 0 bridgehead atoms. The summed E-state index contributed by atoms with van der Waals surface area (Å²) in [5.74, 6) is -0.877. The number of rotatable bonds is 2. The Morgan fingerprint density at radius 1 is 1.39 bits per heavy atom. The second kappa shape index (κ2) is 4.48. The van der Waals surface area contributed by atoms with Gasteiger partial charge in [0.25, 0.3) is 5.91 Å². The average Bonchev–Trinajstić information content (AvgIpc) is 2.58. The van der Waals surface area contributed by atoms with E-state index in [9.17, 15) is 9.18 Å². The predicted molar refractivity (Wildman–Crippen MR) is 66.8 cm³/mol. The number of carbonyl (C=O) groups is 1. The van der Waals surface area contributed by atoms with Crippen LogP contribution in [0.15, 0.2) is 18.2 Å². The molecule has 1 heterocycles. The van der Waals surface area contributed by atoms with Crippen molar-refractivity contribution in [1.82, 2.24) is 10.2 Å². The molecule has 4 N–H and O–H groups in total. The maximum atomic E-state index is 13.2. The quantitative estimate of drug-likeness (QED) is 0.760. The van der Waals surface area contributed by atoms with Crippen LogP contribution in [0.4, 0.5) is 15.8 Å². The van der Waals surface area contributed by atoms with Crippen LogP contribution in [-0.2, 0) is 0 Å². The van der Waals surface area contributed by atoms with E-state index in [4.69, 9.17) is 5.73 Å². The molecule has 0 unspecified atom stereocenters. The van der Waals surface area contributed by atoms with Crippen molar-refractivity contribution in [2.24, 2.45) is 0 Å². The van der Waals surface area contributed by atoms with Gasteiger partial charge in [-0.15, -0.1) is 0 Å². The lowest BCUT2D eigenvalue weighted by Crippen LogP contribution is -2.14. The summed E-state index contributed by atoms with van der Waals surface area (Å²) in [6.07, 6.45) is 0. The van der Waals surface area contributed by atoms with Crippen molar-refractivity contribution in [2.75, 3.05) is 11.1 Å². The Kier molecular flexibility index (Phi) is 3.01. The number of halogens is 1. The minimum Gasteiger partial charge on any atom is -0.395 e. The molecule has 0 fully saturated rings. The number of carbonyl (C=O) groups excluding carboxylic acids is 1. The molecule has 0 spiro atoms. The number of hydrogen-bond acceptors (Lipinski definition) is 3. The number of nitrogen functional groups attached to an aromatic ring is 1. The molecule has 2 rings (SSSR count). The first kappa shape index (κ1) is 12.1. The maximum Gasteiger partial charge on any atom is 0.278 e. The van der Waals surface area contributed by atoms with Crippen molar-refractivity contribution in [3.63, 3.8) is 0 Å². The predicted octanol–water partition coefficient (Wildman–Crippen LogP) is 2.00. The topological polar surface area (TPSA) is 83.8 Å². The van der Waals surface area contributed by atoms with Crippen LogP contribution in [0.2, 0.25) is 0 Å². The van der Waals surface area contributed by atoms with E-state index in [1.807, 2.05) is 0 Å². The van der Waals surface area contributed by atoms with Crippen molar-refractivity contribution >= 4 is 17.3 Å². The molecule has 1 aromatic heterocycles. The van der Waals surface area contributed by atoms with E-state index in [-0.39, 0.29) is 5.69 Å². The van der Waals surface area contributed by atoms with Crippen LogP contribution in [0, 0.1) is 19.7 Å². The van der Waals surface area contributed by atoms with Crippen LogP contribution in [-0.4, -0.2) is 16.1 Å². The van der Waals surface area contributed by atoms with Crippen LogP contribution in [0.3, 0.4) is 0 Å². The molecule has 0 radical (unpaired) electrons. The second-order valence-corrected chi connectivity index (χ2v) is 4.08. The zero-order valence-corrected chi connectivity index (χ0v) is 10.0. The fourth-order valence-corrected chi connectivity index (χ4v) is 1.61. The van der Waals surface area contributed by atoms with Gasteiger partial charge in [0.2, 0.25) is 0 Å². The maximum absolute atomic E-state index is 13.2. The molecular weight excluding hydrogens is 235 g/mol. The van der Waals surface area contributed by atoms with Crippen LogP contribution in [0.1, 0.15) is 21.7 Å². The number of aromatic amines is 1. The molecule has 2 aromatic rings. The van der Waals surface area contributed by atoms with Crippen molar-refractivity contribution in [3.05, 3.63) is 41.0 Å². The highest BCUT2D eigenvalue weighted by Gasteiger charge is 2.15. The number of aromatic nitrogens is 2. The first-order chi connectivity index (χ1) is 8.47. The highest BCUT2D eigenvalue weighted by atomic mass is 19.1. The van der Waals surface area contributed by atoms with E-state index in [1.54, 1.807) is 19.9 Å². The summed E-state index contributed by atoms with van der Waals surface area (Å²) in [6, 6.07) is 4.28. The summed E-state index contributed by atoms with van der Waals surface area (Å²) in [5.41, 5.74) is 7.80. The molecule has 1 amide bonds. The Morgan fingerprint density at radius 3 is 2.67 bits per heavy atom. The number of nitrogens with zero attached hydrogens (tertiary/aromatic N) is 1. The van der Waals surface area contributed by atoms with Gasteiger partial charge in [-0.1, -0.05) is 0 Å². The van der Waals surface area contributed by atoms with Crippen LogP contribution < -0.4 is 11.1 Å². The molecule has 94 valence electrons. The van der Waals surface area contributed by atoms with Gasteiger partial charge in [0.05, 0.1) is 11.4 Å². The van der Waals surface area contributed by atoms with E-state index in [0.717, 1.165) is 5.56 Å². The van der Waals surface area contributed by atoms with Crippen molar-refractivity contribution in [1.29, 1.82) is 0 Å². The van der Waals surface area contributed by atoms with Crippen molar-refractivity contribution in [2.45, 2.75) is 13.8 Å². The van der Waals surface area contributed by atoms with E-state index < -0.39 is 11.7 Å². The van der Waals surface area contributed by atoms with Crippen LogP contribution in [0.25, 0.3) is 0 Å². The zero-order valence-electron chi connectivity index (χ0n) is 10.0. The minimum atomic E-state index is -0.471. The van der Waals surface area contributed by atoms with Gasteiger partial charge < -0.3 is 11.1 Å². The third kappa shape index (κ3) is 2.32. The van der Waals surface area contributed by atoms with Gasteiger partial charge in [-0.3, -0.25) is 9.89 Å². The van der Waals surface area contributed by atoms with Gasteiger partial charge in [-0.05, 0) is 37.6 Å². The number of benzene rings is 1. The minimum absolute atomic E-state index is 0.106. The summed E-state index contributed by atoms with van der Waals surface area (Å²) >= 11 is 0. The zero-order chi connectivity index (χ0) is 13.3. The summed E-state index contributed by atoms with van der Waals surface area (Å²) < 4.78 is 13.2. The monoisotopic (exact) mass is 248 g/mol. The lowest BCUT2D eigenvalue weighted by Gasteiger charge is -2.05. The molecule has 6 heteroatoms. The fraction of sp³-hybridized carbons (Fsp3) is 0.167. The molecule has 5 nitrogen and oxygen atoms in total. The molecule has 18 heavy (non-hydrogen) atoms. The fourth-order valence-electron chi connectivity index (χ4n) is 1.61. The molecule has 0 aliphatic rings. The first-order valence-corrected chi connectivity index (χ1v) is 5.36. The molecule has 0 saturated heterocycles. The van der Waals surface area contributed by atoms with Crippen LogP contribution >= 0.6 is 0 Å². The molecule has 0 atom stereocenters. The molecule has 0 aliphatic heterocycles. The molecule has 1 aromatic carbocycles. The van der Waals surface area contributed by atoms with E-state index in [2.05, 4.69) is 15.5 Å². The Balaban J connectivity index is 2.24. The lowest BCUT2D eigenvalue weighted by atomic mass is 10.2. The number of H-pyrrole nitrogens is 1. The molecule has 0 aliphatic carbocycles. The van der Waals surface area contributed by atoms with Crippen molar-refractivity contribution < 1.29 is 9.18 Å². The van der Waals surface area contributed by atoms with Gasteiger partial charge in [0, 0.05) is 5.69 Å². The smallest absolute Gasteiger partial charge is 0.278 e. The second-order valence-electron chi connectivity index (χ2n) is 4.08. The lowest BCUT2D eigenvalue weighted by molar-refractivity contribution is 0.102. The summed E-state index contributed by atoms with van der Waals surface area (Å²) in [7, 11) is 0. The normalized spacial score (nSPS) is 10.4. The number of amides is 1. The molecular formula is C12H13FN4O. The SMILES string of the molecule is Cc1cc(F)cc(NC(=O)c2n[nH]c(C)c2N)c1. The third-order valence-electron chi connectivity index (χ3n) is 2.51. The average molecular weight is 248 g/mol. The van der Waals surface area contributed by atoms with E-state index >= 15 is 0 Å².